The number of benzene rings is 3. The molecule has 4 rings (SSSR count). The molecule has 0 N–H and O–H groups in total. The number of hydrogen-bond acceptors (Lipinski definition) is 3. The lowest BCUT2D eigenvalue weighted by atomic mass is 9.96. The Balaban J connectivity index is 1.44. The van der Waals surface area contributed by atoms with E-state index in [9.17, 15) is 4.79 Å². The topological polar surface area (TPSA) is 29.5 Å². The molecule has 0 saturated carbocycles. The molecule has 1 aliphatic heterocycles. The largest absolute Gasteiger partial charge is 0.462 e. The summed E-state index contributed by atoms with van der Waals surface area (Å²) < 4.78 is 5.06. The van der Waals surface area contributed by atoms with Crippen molar-refractivity contribution in [1.29, 1.82) is 0 Å². The maximum absolute atomic E-state index is 11.8. The number of carbonyl (C=O) groups excluding carboxylic acids is 1. The second-order valence-electron chi connectivity index (χ2n) is 7.68. The number of halogens is 1. The first kappa shape index (κ1) is 21.4. The predicted octanol–water partition coefficient (Wildman–Crippen LogP) is 6.47. The van der Waals surface area contributed by atoms with E-state index >= 15 is 0 Å². The highest BCUT2D eigenvalue weighted by Crippen LogP contribution is 2.28. The van der Waals surface area contributed by atoms with E-state index in [-0.39, 0.29) is 5.97 Å². The van der Waals surface area contributed by atoms with Gasteiger partial charge in [-0.2, -0.15) is 0 Å². The number of carbonyl (C=O) groups is 1. The first-order valence-electron chi connectivity index (χ1n) is 10.7. The Morgan fingerprint density at radius 3 is 2.35 bits per heavy atom. The van der Waals surface area contributed by atoms with E-state index in [1.54, 1.807) is 0 Å². The molecule has 0 amide bonds. The van der Waals surface area contributed by atoms with Crippen LogP contribution in [-0.2, 0) is 11.3 Å². The van der Waals surface area contributed by atoms with Gasteiger partial charge in [0.05, 0.1) is 12.2 Å². The Kier molecular flexibility index (Phi) is 6.86. The Bertz CT molecular complexity index is 1070. The molecule has 3 aromatic carbocycles. The fraction of sp³-hybridized carbons (Fsp3) is 0.222. The minimum Gasteiger partial charge on any atom is -0.462 e. The average molecular weight is 432 g/mol. The molecule has 0 aliphatic carbocycles. The van der Waals surface area contributed by atoms with Gasteiger partial charge in [0, 0.05) is 24.7 Å². The van der Waals surface area contributed by atoms with Gasteiger partial charge in [-0.15, -0.1) is 0 Å². The zero-order chi connectivity index (χ0) is 21.6. The van der Waals surface area contributed by atoms with Crippen LogP contribution in [0.5, 0.6) is 0 Å². The number of rotatable bonds is 6. The molecule has 158 valence electrons. The summed E-state index contributed by atoms with van der Waals surface area (Å²) in [7, 11) is 0. The minimum atomic E-state index is -0.266. The Morgan fingerprint density at radius 1 is 0.968 bits per heavy atom. The lowest BCUT2D eigenvalue weighted by molar-refractivity contribution is 0.0526. The number of hydrogen-bond donors (Lipinski definition) is 0. The number of nitrogens with zero attached hydrogens (tertiary/aromatic N) is 1. The molecule has 0 fully saturated rings. The molecule has 0 atom stereocenters. The molecular formula is C27H26ClNO2. The van der Waals surface area contributed by atoms with Gasteiger partial charge in [0.15, 0.2) is 0 Å². The van der Waals surface area contributed by atoms with Gasteiger partial charge in [-0.05, 0) is 65.4 Å². The first-order chi connectivity index (χ1) is 15.1. The summed E-state index contributed by atoms with van der Waals surface area (Å²) in [6, 6.07) is 24.3. The Labute approximate surface area is 188 Å². The number of ether oxygens (including phenoxy) is 1. The van der Waals surface area contributed by atoms with Crippen molar-refractivity contribution in [2.24, 2.45) is 0 Å². The van der Waals surface area contributed by atoms with E-state index in [1.165, 1.54) is 27.8 Å². The maximum Gasteiger partial charge on any atom is 0.338 e. The molecule has 3 aromatic rings. The second-order valence-corrected chi connectivity index (χ2v) is 8.11. The first-order valence-corrected chi connectivity index (χ1v) is 11.0. The SMILES string of the molecule is CCOC(=O)c1ccc(C2=CCN(Cc3ccccc3-c3ccc(Cl)cc3)CC2)cc1. The van der Waals surface area contributed by atoms with Crippen LogP contribution in [0.1, 0.15) is 34.8 Å². The van der Waals surface area contributed by atoms with Crippen LogP contribution in [0.15, 0.2) is 78.9 Å². The Morgan fingerprint density at radius 2 is 1.68 bits per heavy atom. The van der Waals surface area contributed by atoms with Crippen LogP contribution in [-0.4, -0.2) is 30.6 Å². The molecule has 0 saturated heterocycles. The molecule has 0 bridgehead atoms. The third-order valence-electron chi connectivity index (χ3n) is 5.63. The molecule has 1 aliphatic rings. The molecule has 31 heavy (non-hydrogen) atoms. The van der Waals surface area contributed by atoms with Gasteiger partial charge in [-0.25, -0.2) is 4.79 Å². The normalized spacial score (nSPS) is 14.2. The van der Waals surface area contributed by atoms with Crippen LogP contribution in [0.3, 0.4) is 0 Å². The van der Waals surface area contributed by atoms with Crippen molar-refractivity contribution in [3.8, 4) is 11.1 Å². The van der Waals surface area contributed by atoms with Crippen molar-refractivity contribution < 1.29 is 9.53 Å². The monoisotopic (exact) mass is 431 g/mol. The zero-order valence-corrected chi connectivity index (χ0v) is 18.4. The number of esters is 1. The van der Waals surface area contributed by atoms with Gasteiger partial charge in [-0.3, -0.25) is 4.90 Å². The van der Waals surface area contributed by atoms with Crippen molar-refractivity contribution in [3.05, 3.63) is 101 Å². The standard InChI is InChI=1S/C27H26ClNO2/c1-2-31-27(30)23-9-7-20(8-10-23)21-15-17-29(18-16-21)19-24-5-3-4-6-26(24)22-11-13-25(28)14-12-22/h3-15H,2,16-19H2,1H3. The third kappa shape index (κ3) is 5.25. The van der Waals surface area contributed by atoms with E-state index in [2.05, 4.69) is 47.4 Å². The summed E-state index contributed by atoms with van der Waals surface area (Å²) in [6.07, 6.45) is 3.29. The van der Waals surface area contributed by atoms with Crippen LogP contribution in [0.25, 0.3) is 16.7 Å². The minimum absolute atomic E-state index is 0.266. The van der Waals surface area contributed by atoms with Crippen LogP contribution in [0.4, 0.5) is 0 Å². The summed E-state index contributed by atoms with van der Waals surface area (Å²) >= 11 is 6.06. The van der Waals surface area contributed by atoms with Crippen molar-refractivity contribution in [2.45, 2.75) is 19.9 Å². The summed E-state index contributed by atoms with van der Waals surface area (Å²) in [5.41, 5.74) is 6.87. The van der Waals surface area contributed by atoms with Crippen molar-refractivity contribution in [1.82, 2.24) is 4.90 Å². The molecular weight excluding hydrogens is 406 g/mol. The summed E-state index contributed by atoms with van der Waals surface area (Å²) in [4.78, 5) is 14.3. The average Bonchev–Trinajstić information content (AvgIpc) is 2.81. The van der Waals surface area contributed by atoms with Crippen molar-refractivity contribution in [2.75, 3.05) is 19.7 Å². The van der Waals surface area contributed by atoms with Crippen LogP contribution in [0, 0.1) is 0 Å². The van der Waals surface area contributed by atoms with E-state index in [4.69, 9.17) is 16.3 Å². The van der Waals surface area contributed by atoms with Gasteiger partial charge in [-0.1, -0.05) is 66.2 Å². The molecule has 0 aromatic heterocycles. The molecule has 4 heteroatoms. The third-order valence-corrected chi connectivity index (χ3v) is 5.88. The maximum atomic E-state index is 11.8. The summed E-state index contributed by atoms with van der Waals surface area (Å²) in [5.74, 6) is -0.266. The molecule has 3 nitrogen and oxygen atoms in total. The fourth-order valence-electron chi connectivity index (χ4n) is 3.96. The van der Waals surface area contributed by atoms with Gasteiger partial charge in [0.25, 0.3) is 0 Å². The predicted molar refractivity (Wildman–Crippen MR) is 127 cm³/mol. The summed E-state index contributed by atoms with van der Waals surface area (Å²) in [5, 5.41) is 0.755. The lowest BCUT2D eigenvalue weighted by Gasteiger charge is -2.27. The lowest BCUT2D eigenvalue weighted by Crippen LogP contribution is -2.28. The van der Waals surface area contributed by atoms with Crippen LogP contribution >= 0.6 is 11.6 Å². The van der Waals surface area contributed by atoms with Gasteiger partial charge in [0.1, 0.15) is 0 Å². The van der Waals surface area contributed by atoms with E-state index in [1.807, 2.05) is 43.3 Å². The quantitative estimate of drug-likeness (QED) is 0.418. The second kappa shape index (κ2) is 9.95. The molecule has 0 spiro atoms. The fourth-order valence-corrected chi connectivity index (χ4v) is 4.09. The zero-order valence-electron chi connectivity index (χ0n) is 17.7. The van der Waals surface area contributed by atoms with E-state index in [0.717, 1.165) is 31.1 Å². The highest BCUT2D eigenvalue weighted by atomic mass is 35.5. The van der Waals surface area contributed by atoms with E-state index in [0.29, 0.717) is 12.2 Å². The van der Waals surface area contributed by atoms with Crippen molar-refractivity contribution in [3.63, 3.8) is 0 Å². The highest BCUT2D eigenvalue weighted by molar-refractivity contribution is 6.30. The van der Waals surface area contributed by atoms with Crippen LogP contribution < -0.4 is 0 Å². The van der Waals surface area contributed by atoms with Crippen LogP contribution in [0.2, 0.25) is 5.02 Å². The molecule has 1 heterocycles. The van der Waals surface area contributed by atoms with Gasteiger partial charge in [0.2, 0.25) is 0 Å². The van der Waals surface area contributed by atoms with Gasteiger partial charge >= 0.3 is 5.97 Å². The molecule has 0 unspecified atom stereocenters. The highest BCUT2D eigenvalue weighted by Gasteiger charge is 2.16. The van der Waals surface area contributed by atoms with Crippen molar-refractivity contribution >= 4 is 23.1 Å². The smallest absolute Gasteiger partial charge is 0.338 e. The molecule has 0 radical (unpaired) electrons. The van der Waals surface area contributed by atoms with E-state index < -0.39 is 0 Å². The Hall–Kier alpha value is -2.88. The van der Waals surface area contributed by atoms with Gasteiger partial charge < -0.3 is 4.74 Å². The summed E-state index contributed by atoms with van der Waals surface area (Å²) in [6.45, 7) is 5.02.